The third kappa shape index (κ3) is 4.72. The molecular formula is C13H20F2N2O2S. The average molecular weight is 306 g/mol. The first-order valence-corrected chi connectivity index (χ1v) is 7.24. The van der Waals surface area contributed by atoms with Crippen LogP contribution in [0.2, 0.25) is 0 Å². The van der Waals surface area contributed by atoms with Gasteiger partial charge in [-0.3, -0.25) is 4.79 Å². The van der Waals surface area contributed by atoms with E-state index in [0.29, 0.717) is 18.9 Å². The Morgan fingerprint density at radius 1 is 1.50 bits per heavy atom. The van der Waals surface area contributed by atoms with Crippen molar-refractivity contribution in [3.63, 3.8) is 0 Å². The Bertz CT molecular complexity index is 438. The third-order valence-electron chi connectivity index (χ3n) is 3.04. The second kappa shape index (κ2) is 7.54. The highest BCUT2D eigenvalue weighted by atomic mass is 32.1. The van der Waals surface area contributed by atoms with E-state index >= 15 is 0 Å². The van der Waals surface area contributed by atoms with Crippen LogP contribution in [0.3, 0.4) is 0 Å². The number of amides is 1. The molecule has 2 N–H and O–H groups in total. The molecule has 0 aliphatic rings. The molecular weight excluding hydrogens is 286 g/mol. The van der Waals surface area contributed by atoms with Gasteiger partial charge in [-0.15, -0.1) is 11.3 Å². The first-order valence-electron chi connectivity index (χ1n) is 6.36. The Hall–Kier alpha value is -1.21. The smallest absolute Gasteiger partial charge is 0.387 e. The maximum Gasteiger partial charge on any atom is 0.387 e. The van der Waals surface area contributed by atoms with Gasteiger partial charge in [0.1, 0.15) is 10.6 Å². The molecule has 1 rings (SSSR count). The highest BCUT2D eigenvalue weighted by Crippen LogP contribution is 2.27. The molecule has 0 bridgehead atoms. The fourth-order valence-electron chi connectivity index (χ4n) is 1.59. The first kappa shape index (κ1) is 16.8. The fraction of sp³-hybridized carbons (Fsp3) is 0.615. The molecule has 1 atom stereocenters. The molecule has 0 aliphatic heterocycles. The molecule has 1 amide bonds. The molecule has 0 fully saturated rings. The van der Waals surface area contributed by atoms with Crippen LogP contribution in [0.1, 0.15) is 29.9 Å². The van der Waals surface area contributed by atoms with Gasteiger partial charge >= 0.3 is 6.61 Å². The predicted octanol–water partition coefficient (Wildman–Crippen LogP) is 2.79. The maximum absolute atomic E-state index is 12.2. The lowest BCUT2D eigenvalue weighted by Gasteiger charge is -2.21. The summed E-state index contributed by atoms with van der Waals surface area (Å²) < 4.78 is 28.8. The van der Waals surface area contributed by atoms with Gasteiger partial charge in [-0.2, -0.15) is 8.78 Å². The minimum atomic E-state index is -2.93. The van der Waals surface area contributed by atoms with Crippen LogP contribution in [0.15, 0.2) is 11.4 Å². The zero-order chi connectivity index (χ0) is 15.3. The predicted molar refractivity (Wildman–Crippen MR) is 75.3 cm³/mol. The number of thiophene rings is 1. The number of nitrogens with two attached hydrogens (primary N) is 1. The second-order valence-electron chi connectivity index (χ2n) is 4.92. The van der Waals surface area contributed by atoms with Gasteiger partial charge in [0, 0.05) is 19.6 Å². The van der Waals surface area contributed by atoms with Crippen LogP contribution < -0.4 is 10.5 Å². The number of carbonyl (C=O) groups excluding carboxylic acids is 1. The van der Waals surface area contributed by atoms with Crippen molar-refractivity contribution < 1.29 is 18.3 Å². The maximum atomic E-state index is 12.2. The number of alkyl halides is 2. The van der Waals surface area contributed by atoms with E-state index in [0.717, 1.165) is 11.3 Å². The van der Waals surface area contributed by atoms with Crippen molar-refractivity contribution >= 4 is 17.2 Å². The lowest BCUT2D eigenvalue weighted by Crippen LogP contribution is -2.34. The summed E-state index contributed by atoms with van der Waals surface area (Å²) in [5, 5.41) is 1.55. The van der Waals surface area contributed by atoms with Crippen LogP contribution in [0, 0.1) is 5.92 Å². The normalized spacial score (nSPS) is 12.8. The quantitative estimate of drug-likeness (QED) is 0.843. The van der Waals surface area contributed by atoms with E-state index in [1.54, 1.807) is 12.4 Å². The van der Waals surface area contributed by atoms with Gasteiger partial charge in [0.2, 0.25) is 0 Å². The molecule has 0 saturated heterocycles. The zero-order valence-electron chi connectivity index (χ0n) is 11.8. The van der Waals surface area contributed by atoms with E-state index in [-0.39, 0.29) is 22.6 Å². The minimum Gasteiger partial charge on any atom is -0.433 e. The van der Waals surface area contributed by atoms with Crippen LogP contribution in [0.5, 0.6) is 5.75 Å². The summed E-state index contributed by atoms with van der Waals surface area (Å²) in [6.07, 6.45) is 0.663. The molecule has 0 saturated carbocycles. The number of halogens is 2. The lowest BCUT2D eigenvalue weighted by molar-refractivity contribution is -0.0499. The number of nitrogens with zero attached hydrogens (tertiary/aromatic N) is 1. The Kier molecular flexibility index (Phi) is 6.35. The molecule has 7 heteroatoms. The number of hydrogen-bond acceptors (Lipinski definition) is 4. The molecule has 4 nitrogen and oxygen atoms in total. The van der Waals surface area contributed by atoms with Gasteiger partial charge in [0.25, 0.3) is 5.91 Å². The van der Waals surface area contributed by atoms with Gasteiger partial charge in [0.15, 0.2) is 0 Å². The van der Waals surface area contributed by atoms with Gasteiger partial charge in [-0.05, 0) is 23.8 Å². The van der Waals surface area contributed by atoms with E-state index in [2.05, 4.69) is 4.74 Å². The van der Waals surface area contributed by atoms with Crippen molar-refractivity contribution in [2.24, 2.45) is 11.7 Å². The molecule has 0 radical (unpaired) electrons. The second-order valence-corrected chi connectivity index (χ2v) is 5.83. The van der Waals surface area contributed by atoms with Gasteiger partial charge < -0.3 is 15.4 Å². The first-order chi connectivity index (χ1) is 9.32. The highest BCUT2D eigenvalue weighted by molar-refractivity contribution is 7.12. The SMILES string of the molecule is CC(C)C(N)CCN(C)C(=O)c1sccc1OC(F)F. The molecule has 1 unspecified atom stereocenters. The van der Waals surface area contributed by atoms with Crippen LogP contribution >= 0.6 is 11.3 Å². The standard InChI is InChI=1S/C13H20F2N2O2S/c1-8(2)9(16)4-6-17(3)12(18)11-10(5-7-20-11)19-13(14)15/h5,7-9,13H,4,6,16H2,1-3H3. The Morgan fingerprint density at radius 3 is 2.70 bits per heavy atom. The van der Waals surface area contributed by atoms with Gasteiger partial charge in [0.05, 0.1) is 0 Å². The van der Waals surface area contributed by atoms with Crippen LogP contribution in [-0.4, -0.2) is 37.1 Å². The van der Waals surface area contributed by atoms with Crippen LogP contribution in [-0.2, 0) is 0 Å². The zero-order valence-corrected chi connectivity index (χ0v) is 12.6. The third-order valence-corrected chi connectivity index (χ3v) is 3.92. The number of hydrogen-bond donors (Lipinski definition) is 1. The molecule has 1 aromatic rings. The summed E-state index contributed by atoms with van der Waals surface area (Å²) in [5.74, 6) is -0.0698. The topological polar surface area (TPSA) is 55.6 Å². The minimum absolute atomic E-state index is 0.00497. The van der Waals surface area contributed by atoms with E-state index in [1.165, 1.54) is 11.0 Å². The van der Waals surface area contributed by atoms with Crippen molar-refractivity contribution in [1.29, 1.82) is 0 Å². The van der Waals surface area contributed by atoms with Gasteiger partial charge in [-0.1, -0.05) is 13.8 Å². The molecule has 0 aliphatic carbocycles. The van der Waals surface area contributed by atoms with E-state index in [4.69, 9.17) is 5.73 Å². The summed E-state index contributed by atoms with van der Waals surface area (Å²) >= 11 is 1.09. The Morgan fingerprint density at radius 2 is 2.15 bits per heavy atom. The molecule has 114 valence electrons. The van der Waals surface area contributed by atoms with Crippen molar-refractivity contribution in [2.75, 3.05) is 13.6 Å². The fourth-order valence-corrected chi connectivity index (χ4v) is 2.41. The average Bonchev–Trinajstić information content (AvgIpc) is 2.81. The summed E-state index contributed by atoms with van der Waals surface area (Å²) in [5.41, 5.74) is 5.92. The van der Waals surface area contributed by atoms with Crippen molar-refractivity contribution in [1.82, 2.24) is 4.90 Å². The molecule has 1 aromatic heterocycles. The molecule has 20 heavy (non-hydrogen) atoms. The largest absolute Gasteiger partial charge is 0.433 e. The lowest BCUT2D eigenvalue weighted by atomic mass is 10.0. The summed E-state index contributed by atoms with van der Waals surface area (Å²) in [6, 6.07) is 1.38. The van der Waals surface area contributed by atoms with Crippen molar-refractivity contribution in [3.8, 4) is 5.75 Å². The summed E-state index contributed by atoms with van der Waals surface area (Å²) in [4.78, 5) is 13.8. The number of carbonyl (C=O) groups is 1. The molecule has 1 heterocycles. The summed E-state index contributed by atoms with van der Waals surface area (Å²) in [7, 11) is 1.63. The number of rotatable bonds is 7. The van der Waals surface area contributed by atoms with Crippen molar-refractivity contribution in [3.05, 3.63) is 16.3 Å². The number of ether oxygens (including phenoxy) is 1. The van der Waals surface area contributed by atoms with Crippen LogP contribution in [0.25, 0.3) is 0 Å². The monoisotopic (exact) mass is 306 g/mol. The molecule has 0 aromatic carbocycles. The molecule has 0 spiro atoms. The van der Waals surface area contributed by atoms with E-state index < -0.39 is 6.61 Å². The van der Waals surface area contributed by atoms with Gasteiger partial charge in [-0.25, -0.2) is 0 Å². The van der Waals surface area contributed by atoms with E-state index in [1.807, 2.05) is 13.8 Å². The van der Waals surface area contributed by atoms with Crippen molar-refractivity contribution in [2.45, 2.75) is 32.9 Å². The Labute approximate surface area is 121 Å². The summed E-state index contributed by atoms with van der Waals surface area (Å²) in [6.45, 7) is 1.57. The van der Waals surface area contributed by atoms with Crippen LogP contribution in [0.4, 0.5) is 8.78 Å². The highest BCUT2D eigenvalue weighted by Gasteiger charge is 2.21. The van der Waals surface area contributed by atoms with E-state index in [9.17, 15) is 13.6 Å². The Balaban J connectivity index is 2.63.